The Balaban J connectivity index is 2.33. The molecule has 0 aromatic heterocycles. The predicted octanol–water partition coefficient (Wildman–Crippen LogP) is 5.83. The molecule has 0 N–H and O–H groups in total. The van der Waals surface area contributed by atoms with Crippen molar-refractivity contribution in [2.24, 2.45) is 0 Å². The number of hydrogen-bond donors (Lipinski definition) is 0. The molecule has 0 radical (unpaired) electrons. The number of ether oxygens (including phenoxy) is 1. The van der Waals surface area contributed by atoms with Crippen LogP contribution in [0.1, 0.15) is 15.9 Å². The van der Waals surface area contributed by atoms with Crippen LogP contribution in [0.2, 0.25) is 20.1 Å². The molecule has 0 spiro atoms. The Morgan fingerprint density at radius 1 is 0.950 bits per heavy atom. The monoisotopic (exact) mass is 348 g/mol. The van der Waals surface area contributed by atoms with Crippen molar-refractivity contribution in [3.05, 3.63) is 61.5 Å². The van der Waals surface area contributed by atoms with Crippen molar-refractivity contribution in [1.29, 1.82) is 0 Å². The minimum absolute atomic E-state index is 0.106. The molecule has 0 saturated carbocycles. The molecule has 2 aromatic carbocycles. The number of hydrogen-bond acceptors (Lipinski definition) is 2. The number of benzene rings is 2. The Kier molecular flexibility index (Phi) is 4.82. The average molecular weight is 350 g/mol. The first-order valence-corrected chi connectivity index (χ1v) is 7.02. The molecule has 0 heterocycles. The van der Waals surface area contributed by atoms with Crippen molar-refractivity contribution in [3.63, 3.8) is 0 Å². The molecule has 2 aromatic rings. The summed E-state index contributed by atoms with van der Waals surface area (Å²) < 4.78 is 5.21. The van der Waals surface area contributed by atoms with Crippen LogP contribution in [0.5, 0.6) is 5.75 Å². The molecule has 0 atom stereocenters. The molecule has 0 aliphatic carbocycles. The molecule has 2 nitrogen and oxygen atoms in total. The Morgan fingerprint density at radius 3 is 2.10 bits per heavy atom. The van der Waals surface area contributed by atoms with Gasteiger partial charge < -0.3 is 4.74 Å². The fourth-order valence-corrected chi connectivity index (χ4v) is 2.75. The fourth-order valence-electron chi connectivity index (χ4n) is 1.59. The van der Waals surface area contributed by atoms with Gasteiger partial charge >= 0.3 is 5.97 Å². The average Bonchev–Trinajstić information content (AvgIpc) is 2.33. The van der Waals surface area contributed by atoms with Crippen LogP contribution in [-0.2, 0) is 0 Å². The van der Waals surface area contributed by atoms with Crippen molar-refractivity contribution < 1.29 is 9.53 Å². The summed E-state index contributed by atoms with van der Waals surface area (Å²) in [4.78, 5) is 12.1. The first-order valence-electron chi connectivity index (χ1n) is 5.51. The predicted molar refractivity (Wildman–Crippen MR) is 82.6 cm³/mol. The van der Waals surface area contributed by atoms with Gasteiger partial charge in [0.25, 0.3) is 0 Å². The van der Waals surface area contributed by atoms with E-state index in [0.717, 1.165) is 5.56 Å². The number of halogens is 4. The lowest BCUT2D eigenvalue weighted by Gasteiger charge is -2.10. The van der Waals surface area contributed by atoms with Crippen LogP contribution >= 0.6 is 46.4 Å². The molecule has 0 amide bonds. The summed E-state index contributed by atoms with van der Waals surface area (Å²) in [5.41, 5.74) is 1.05. The minimum atomic E-state index is -0.653. The molecule has 20 heavy (non-hydrogen) atoms. The van der Waals surface area contributed by atoms with Crippen molar-refractivity contribution in [1.82, 2.24) is 0 Å². The first kappa shape index (κ1) is 15.5. The zero-order valence-electron chi connectivity index (χ0n) is 10.2. The SMILES string of the molecule is Cc1cc(Cl)c(OC(=O)c2ccc(Cl)cc2Cl)c(Cl)c1. The van der Waals surface area contributed by atoms with Gasteiger partial charge in [-0.2, -0.15) is 0 Å². The van der Waals surface area contributed by atoms with Crippen molar-refractivity contribution in [2.45, 2.75) is 6.92 Å². The minimum Gasteiger partial charge on any atom is -0.420 e. The van der Waals surface area contributed by atoms with Gasteiger partial charge in [-0.15, -0.1) is 0 Å². The molecular weight excluding hydrogens is 342 g/mol. The van der Waals surface area contributed by atoms with Gasteiger partial charge in [0, 0.05) is 5.02 Å². The topological polar surface area (TPSA) is 26.3 Å². The second-order valence-corrected chi connectivity index (χ2v) is 5.73. The van der Waals surface area contributed by atoms with Crippen LogP contribution in [0, 0.1) is 6.92 Å². The van der Waals surface area contributed by atoms with E-state index in [4.69, 9.17) is 51.1 Å². The maximum absolute atomic E-state index is 12.1. The lowest BCUT2D eigenvalue weighted by atomic mass is 10.2. The maximum atomic E-state index is 12.1. The van der Waals surface area contributed by atoms with Gasteiger partial charge in [-0.1, -0.05) is 46.4 Å². The van der Waals surface area contributed by atoms with Crippen LogP contribution in [0.4, 0.5) is 0 Å². The smallest absolute Gasteiger partial charge is 0.345 e. The number of rotatable bonds is 2. The number of aryl methyl sites for hydroxylation is 1. The van der Waals surface area contributed by atoms with Crippen LogP contribution in [0.15, 0.2) is 30.3 Å². The van der Waals surface area contributed by atoms with E-state index >= 15 is 0 Å². The molecule has 6 heteroatoms. The molecule has 0 aliphatic heterocycles. The molecule has 2 rings (SSSR count). The quantitative estimate of drug-likeness (QED) is 0.503. The third-order valence-electron chi connectivity index (χ3n) is 2.49. The van der Waals surface area contributed by atoms with Crippen LogP contribution < -0.4 is 4.74 Å². The van der Waals surface area contributed by atoms with Crippen molar-refractivity contribution >= 4 is 52.4 Å². The van der Waals surface area contributed by atoms with E-state index in [1.807, 2.05) is 6.92 Å². The highest BCUT2D eigenvalue weighted by Gasteiger charge is 2.17. The molecular formula is C14H8Cl4O2. The Bertz CT molecular complexity index is 660. The lowest BCUT2D eigenvalue weighted by Crippen LogP contribution is -2.10. The zero-order valence-corrected chi connectivity index (χ0v) is 13.2. The van der Waals surface area contributed by atoms with E-state index in [0.29, 0.717) is 5.02 Å². The summed E-state index contributed by atoms with van der Waals surface area (Å²) in [6, 6.07) is 7.78. The Hall–Kier alpha value is -0.930. The van der Waals surface area contributed by atoms with Crippen LogP contribution in [0.25, 0.3) is 0 Å². The molecule has 0 aliphatic rings. The third kappa shape index (κ3) is 3.39. The molecule has 0 bridgehead atoms. The highest BCUT2D eigenvalue weighted by atomic mass is 35.5. The second kappa shape index (κ2) is 6.23. The Labute approximate surface area is 136 Å². The summed E-state index contributed by atoms with van der Waals surface area (Å²) in [5.74, 6) is -0.547. The second-order valence-electron chi connectivity index (χ2n) is 4.07. The van der Waals surface area contributed by atoms with E-state index in [9.17, 15) is 4.79 Å². The summed E-state index contributed by atoms with van der Waals surface area (Å²) >= 11 is 23.7. The standard InChI is InChI=1S/C14H8Cl4O2/c1-7-4-11(17)13(12(18)5-7)20-14(19)9-3-2-8(15)6-10(9)16/h2-6H,1H3. The van der Waals surface area contributed by atoms with E-state index in [2.05, 4.69) is 0 Å². The van der Waals surface area contributed by atoms with Gasteiger partial charge in [-0.25, -0.2) is 4.79 Å². The summed E-state index contributed by atoms with van der Waals surface area (Å²) in [5, 5.41) is 1.14. The van der Waals surface area contributed by atoms with Gasteiger partial charge in [-0.05, 0) is 42.8 Å². The fraction of sp³-hybridized carbons (Fsp3) is 0.0714. The normalized spacial score (nSPS) is 10.4. The molecule has 0 unspecified atom stereocenters. The summed E-state index contributed by atoms with van der Waals surface area (Å²) in [6.07, 6.45) is 0. The molecule has 0 saturated heterocycles. The molecule has 104 valence electrons. The van der Waals surface area contributed by atoms with E-state index in [1.165, 1.54) is 12.1 Å². The van der Waals surface area contributed by atoms with Crippen LogP contribution in [0.3, 0.4) is 0 Å². The van der Waals surface area contributed by atoms with Gasteiger partial charge in [0.15, 0.2) is 5.75 Å². The summed E-state index contributed by atoms with van der Waals surface area (Å²) in [7, 11) is 0. The van der Waals surface area contributed by atoms with E-state index < -0.39 is 5.97 Å². The van der Waals surface area contributed by atoms with E-state index in [-0.39, 0.29) is 26.4 Å². The first-order chi connectivity index (χ1) is 9.38. The number of esters is 1. The van der Waals surface area contributed by atoms with E-state index in [1.54, 1.807) is 18.2 Å². The van der Waals surface area contributed by atoms with Crippen LogP contribution in [-0.4, -0.2) is 5.97 Å². The lowest BCUT2D eigenvalue weighted by molar-refractivity contribution is 0.0735. The highest BCUT2D eigenvalue weighted by molar-refractivity contribution is 6.38. The maximum Gasteiger partial charge on any atom is 0.345 e. The Morgan fingerprint density at radius 2 is 1.55 bits per heavy atom. The largest absolute Gasteiger partial charge is 0.420 e. The number of carbonyl (C=O) groups excluding carboxylic acids is 1. The summed E-state index contributed by atoms with van der Waals surface area (Å²) in [6.45, 7) is 1.83. The molecule has 0 fully saturated rings. The van der Waals surface area contributed by atoms with Crippen molar-refractivity contribution in [3.8, 4) is 5.75 Å². The number of carbonyl (C=O) groups is 1. The van der Waals surface area contributed by atoms with Crippen molar-refractivity contribution in [2.75, 3.05) is 0 Å². The zero-order chi connectivity index (χ0) is 14.9. The van der Waals surface area contributed by atoms with Gasteiger partial charge in [0.2, 0.25) is 0 Å². The van der Waals surface area contributed by atoms with Gasteiger partial charge in [-0.3, -0.25) is 0 Å². The van der Waals surface area contributed by atoms with Gasteiger partial charge in [0.05, 0.1) is 20.6 Å². The highest BCUT2D eigenvalue weighted by Crippen LogP contribution is 2.35. The third-order valence-corrected chi connectivity index (χ3v) is 3.60. The van der Waals surface area contributed by atoms with Gasteiger partial charge in [0.1, 0.15) is 0 Å².